The highest BCUT2D eigenvalue weighted by Crippen LogP contribution is 2.19. The standard InChI is InChI=1S/C15H21NO/c1-11-5-4-8-16(10-11)15(17)14-7-6-12(2)13(3)9-14/h6-7,9,11H,4-5,8,10H2,1-3H3/t11-/m1/s1. The van der Waals surface area contributed by atoms with E-state index in [9.17, 15) is 4.79 Å². The van der Waals surface area contributed by atoms with Crippen LogP contribution in [0.4, 0.5) is 0 Å². The quantitative estimate of drug-likeness (QED) is 0.727. The molecule has 2 nitrogen and oxygen atoms in total. The van der Waals surface area contributed by atoms with Gasteiger partial charge >= 0.3 is 0 Å². The van der Waals surface area contributed by atoms with Gasteiger partial charge < -0.3 is 4.90 Å². The smallest absolute Gasteiger partial charge is 0.253 e. The maximum Gasteiger partial charge on any atom is 0.253 e. The molecule has 1 aromatic rings. The molecule has 1 atom stereocenters. The Balaban J connectivity index is 2.15. The largest absolute Gasteiger partial charge is 0.338 e. The Bertz CT molecular complexity index is 425. The molecule has 0 unspecified atom stereocenters. The van der Waals surface area contributed by atoms with Crippen molar-refractivity contribution in [3.63, 3.8) is 0 Å². The van der Waals surface area contributed by atoms with Crippen molar-refractivity contribution >= 4 is 5.91 Å². The van der Waals surface area contributed by atoms with Gasteiger partial charge in [-0.05, 0) is 55.9 Å². The molecule has 1 heterocycles. The molecule has 0 radical (unpaired) electrons. The first-order valence-corrected chi connectivity index (χ1v) is 6.44. The number of piperidine rings is 1. The van der Waals surface area contributed by atoms with Crippen LogP contribution in [0.3, 0.4) is 0 Å². The number of carbonyl (C=O) groups excluding carboxylic acids is 1. The highest BCUT2D eigenvalue weighted by atomic mass is 16.2. The Morgan fingerprint density at radius 3 is 2.71 bits per heavy atom. The van der Waals surface area contributed by atoms with Crippen LogP contribution in [-0.4, -0.2) is 23.9 Å². The first-order chi connectivity index (χ1) is 8.08. The monoisotopic (exact) mass is 231 g/mol. The third-order valence-corrected chi connectivity index (χ3v) is 3.70. The van der Waals surface area contributed by atoms with Gasteiger partial charge in [0.2, 0.25) is 0 Å². The third-order valence-electron chi connectivity index (χ3n) is 3.70. The average Bonchev–Trinajstić information content (AvgIpc) is 2.32. The SMILES string of the molecule is Cc1ccc(C(=O)N2CCC[C@@H](C)C2)cc1C. The van der Waals surface area contributed by atoms with E-state index >= 15 is 0 Å². The van der Waals surface area contributed by atoms with Crippen molar-refractivity contribution in [2.45, 2.75) is 33.6 Å². The molecule has 0 bridgehead atoms. The second kappa shape index (κ2) is 4.91. The van der Waals surface area contributed by atoms with Crippen LogP contribution in [0, 0.1) is 19.8 Å². The Morgan fingerprint density at radius 1 is 1.29 bits per heavy atom. The summed E-state index contributed by atoms with van der Waals surface area (Å²) in [7, 11) is 0. The number of amides is 1. The fourth-order valence-corrected chi connectivity index (χ4v) is 2.43. The number of hydrogen-bond donors (Lipinski definition) is 0. The van der Waals surface area contributed by atoms with Crippen LogP contribution in [0.2, 0.25) is 0 Å². The summed E-state index contributed by atoms with van der Waals surface area (Å²) >= 11 is 0. The van der Waals surface area contributed by atoms with Crippen LogP contribution in [-0.2, 0) is 0 Å². The van der Waals surface area contributed by atoms with E-state index in [-0.39, 0.29) is 5.91 Å². The van der Waals surface area contributed by atoms with Crippen molar-refractivity contribution in [2.24, 2.45) is 5.92 Å². The molecule has 1 fully saturated rings. The van der Waals surface area contributed by atoms with Crippen LogP contribution in [0.1, 0.15) is 41.3 Å². The number of hydrogen-bond acceptors (Lipinski definition) is 1. The van der Waals surface area contributed by atoms with Crippen molar-refractivity contribution < 1.29 is 4.79 Å². The fourth-order valence-electron chi connectivity index (χ4n) is 2.43. The van der Waals surface area contributed by atoms with Crippen LogP contribution >= 0.6 is 0 Å². The lowest BCUT2D eigenvalue weighted by Crippen LogP contribution is -2.39. The van der Waals surface area contributed by atoms with Gasteiger partial charge in [-0.3, -0.25) is 4.79 Å². The van der Waals surface area contributed by atoms with E-state index < -0.39 is 0 Å². The molecular weight excluding hydrogens is 210 g/mol. The average molecular weight is 231 g/mol. The second-order valence-corrected chi connectivity index (χ2v) is 5.30. The molecule has 0 aromatic heterocycles. The summed E-state index contributed by atoms with van der Waals surface area (Å²) < 4.78 is 0. The maximum atomic E-state index is 12.3. The number of aryl methyl sites for hydroxylation is 2. The van der Waals surface area contributed by atoms with Gasteiger partial charge in [-0.25, -0.2) is 0 Å². The van der Waals surface area contributed by atoms with Gasteiger partial charge in [0.05, 0.1) is 0 Å². The highest BCUT2D eigenvalue weighted by Gasteiger charge is 2.21. The first kappa shape index (κ1) is 12.2. The van der Waals surface area contributed by atoms with Crippen LogP contribution in [0.25, 0.3) is 0 Å². The predicted octanol–water partition coefficient (Wildman–Crippen LogP) is 3.18. The number of carbonyl (C=O) groups is 1. The molecule has 0 saturated carbocycles. The van der Waals surface area contributed by atoms with Crippen molar-refractivity contribution in [3.05, 3.63) is 34.9 Å². The number of likely N-dealkylation sites (tertiary alicyclic amines) is 1. The minimum atomic E-state index is 0.194. The van der Waals surface area contributed by atoms with Gasteiger partial charge in [-0.15, -0.1) is 0 Å². The lowest BCUT2D eigenvalue weighted by Gasteiger charge is -2.31. The van der Waals surface area contributed by atoms with E-state index in [0.29, 0.717) is 5.92 Å². The molecule has 0 N–H and O–H groups in total. The van der Waals surface area contributed by atoms with E-state index in [1.165, 1.54) is 17.5 Å². The zero-order valence-corrected chi connectivity index (χ0v) is 11.0. The van der Waals surface area contributed by atoms with E-state index in [0.717, 1.165) is 25.1 Å². The molecule has 1 aromatic carbocycles. The fraction of sp³-hybridized carbons (Fsp3) is 0.533. The van der Waals surface area contributed by atoms with Crippen LogP contribution in [0.5, 0.6) is 0 Å². The Kier molecular flexibility index (Phi) is 3.51. The van der Waals surface area contributed by atoms with E-state index in [4.69, 9.17) is 0 Å². The molecule has 1 amide bonds. The summed E-state index contributed by atoms with van der Waals surface area (Å²) in [5.41, 5.74) is 3.27. The number of nitrogens with zero attached hydrogens (tertiary/aromatic N) is 1. The third kappa shape index (κ3) is 2.68. The highest BCUT2D eigenvalue weighted by molar-refractivity contribution is 5.94. The normalized spacial score (nSPS) is 20.4. The van der Waals surface area contributed by atoms with Crippen LogP contribution in [0.15, 0.2) is 18.2 Å². The predicted molar refractivity (Wildman–Crippen MR) is 70.2 cm³/mol. The molecule has 0 spiro atoms. The molecule has 2 heteroatoms. The summed E-state index contributed by atoms with van der Waals surface area (Å²) in [6.45, 7) is 8.18. The van der Waals surface area contributed by atoms with E-state index in [2.05, 4.69) is 20.8 Å². The molecular formula is C15H21NO. The lowest BCUT2D eigenvalue weighted by molar-refractivity contribution is 0.0683. The molecule has 1 aliphatic rings. The Morgan fingerprint density at radius 2 is 2.06 bits per heavy atom. The van der Waals surface area contributed by atoms with E-state index in [1.54, 1.807) is 0 Å². The van der Waals surface area contributed by atoms with Crippen molar-refractivity contribution in [3.8, 4) is 0 Å². The summed E-state index contributed by atoms with van der Waals surface area (Å²) in [4.78, 5) is 14.3. The number of benzene rings is 1. The summed E-state index contributed by atoms with van der Waals surface area (Å²) in [6.07, 6.45) is 2.38. The molecule has 92 valence electrons. The van der Waals surface area contributed by atoms with Gasteiger partial charge in [0.25, 0.3) is 5.91 Å². The summed E-state index contributed by atoms with van der Waals surface area (Å²) in [5, 5.41) is 0. The molecule has 17 heavy (non-hydrogen) atoms. The molecule has 1 saturated heterocycles. The van der Waals surface area contributed by atoms with Gasteiger partial charge in [-0.1, -0.05) is 13.0 Å². The van der Waals surface area contributed by atoms with Gasteiger partial charge in [0.15, 0.2) is 0 Å². The van der Waals surface area contributed by atoms with Gasteiger partial charge in [-0.2, -0.15) is 0 Å². The molecule has 2 rings (SSSR count). The van der Waals surface area contributed by atoms with Crippen molar-refractivity contribution in [1.82, 2.24) is 4.90 Å². The Labute approximate surface area is 104 Å². The van der Waals surface area contributed by atoms with Gasteiger partial charge in [0, 0.05) is 18.7 Å². The molecule has 0 aliphatic carbocycles. The maximum absolute atomic E-state index is 12.3. The zero-order chi connectivity index (χ0) is 12.4. The summed E-state index contributed by atoms with van der Waals surface area (Å²) in [6, 6.07) is 6.00. The van der Waals surface area contributed by atoms with Crippen molar-refractivity contribution in [2.75, 3.05) is 13.1 Å². The van der Waals surface area contributed by atoms with E-state index in [1.807, 2.05) is 23.1 Å². The zero-order valence-electron chi connectivity index (χ0n) is 11.0. The minimum Gasteiger partial charge on any atom is -0.338 e. The lowest BCUT2D eigenvalue weighted by atomic mass is 9.99. The topological polar surface area (TPSA) is 20.3 Å². The Hall–Kier alpha value is -1.31. The minimum absolute atomic E-state index is 0.194. The summed E-state index contributed by atoms with van der Waals surface area (Å²) in [5.74, 6) is 0.832. The first-order valence-electron chi connectivity index (χ1n) is 6.44. The number of rotatable bonds is 1. The second-order valence-electron chi connectivity index (χ2n) is 5.30. The van der Waals surface area contributed by atoms with Crippen molar-refractivity contribution in [1.29, 1.82) is 0 Å². The van der Waals surface area contributed by atoms with Gasteiger partial charge in [0.1, 0.15) is 0 Å². The van der Waals surface area contributed by atoms with Crippen LogP contribution < -0.4 is 0 Å². The molecule has 1 aliphatic heterocycles.